The first-order chi connectivity index (χ1) is 10.6. The Morgan fingerprint density at radius 2 is 1.26 bits per heavy atom. The minimum atomic E-state index is -0.745. The second-order valence-electron chi connectivity index (χ2n) is 7.05. The lowest BCUT2D eigenvalue weighted by Crippen LogP contribution is -2.40. The Labute approximate surface area is 137 Å². The van der Waals surface area contributed by atoms with Gasteiger partial charge >= 0.3 is 11.9 Å². The third-order valence-corrected chi connectivity index (χ3v) is 3.20. The fourth-order valence-electron chi connectivity index (χ4n) is 2.64. The molecule has 0 unspecified atom stereocenters. The number of carbonyl (C=O) groups is 2. The van der Waals surface area contributed by atoms with Crippen LogP contribution in [0.25, 0.3) is 0 Å². The third-order valence-electron chi connectivity index (χ3n) is 3.20. The van der Waals surface area contributed by atoms with Crippen molar-refractivity contribution in [2.24, 2.45) is 5.73 Å². The molecule has 7 nitrogen and oxygen atoms in total. The summed E-state index contributed by atoms with van der Waals surface area (Å²) in [6.07, 6.45) is 0.693. The molecule has 0 aromatic heterocycles. The molecule has 134 valence electrons. The highest BCUT2D eigenvalue weighted by Gasteiger charge is 2.34. The highest BCUT2D eigenvalue weighted by atomic mass is 16.6. The molecule has 0 aromatic carbocycles. The Hall–Kier alpha value is -1.18. The molecule has 0 radical (unpaired) electrons. The molecule has 0 bridgehead atoms. The lowest BCUT2D eigenvalue weighted by molar-refractivity contribution is -0.171. The largest absolute Gasteiger partial charge is 0.459 e. The average molecular weight is 331 g/mol. The molecule has 0 amide bonds. The standard InChI is InChI=1S/C16H29NO6/c1-15(2)11-16(3,4)23-14(19)6-8-21-10-12(17)9-20-7-5-13(18)22-15/h12H,5-11,17H2,1-4H3. The van der Waals surface area contributed by atoms with E-state index in [-0.39, 0.29) is 57.2 Å². The number of hydrogen-bond donors (Lipinski definition) is 1. The van der Waals surface area contributed by atoms with E-state index < -0.39 is 11.2 Å². The van der Waals surface area contributed by atoms with Crippen LogP contribution >= 0.6 is 0 Å². The number of cyclic esters (lactones) is 2. The summed E-state index contributed by atoms with van der Waals surface area (Å²) in [5, 5.41) is 0. The summed E-state index contributed by atoms with van der Waals surface area (Å²) in [6, 6.07) is -0.303. The van der Waals surface area contributed by atoms with E-state index in [1.54, 1.807) is 27.7 Å². The van der Waals surface area contributed by atoms with Crippen LogP contribution in [-0.4, -0.2) is 55.6 Å². The molecule has 1 aliphatic heterocycles. The molecule has 1 aliphatic rings. The molecule has 0 aromatic rings. The maximum Gasteiger partial charge on any atom is 0.308 e. The number of hydrogen-bond acceptors (Lipinski definition) is 7. The Balaban J connectivity index is 2.70. The summed E-state index contributed by atoms with van der Waals surface area (Å²) in [5.41, 5.74) is 4.32. The van der Waals surface area contributed by atoms with Gasteiger partial charge in [0.25, 0.3) is 0 Å². The first-order valence-electron chi connectivity index (χ1n) is 7.94. The molecule has 1 fully saturated rings. The highest BCUT2D eigenvalue weighted by Crippen LogP contribution is 2.27. The fraction of sp³-hybridized carbons (Fsp3) is 0.875. The fourth-order valence-corrected chi connectivity index (χ4v) is 2.64. The first kappa shape index (κ1) is 19.9. The van der Waals surface area contributed by atoms with Gasteiger partial charge in [-0.25, -0.2) is 0 Å². The van der Waals surface area contributed by atoms with Crippen molar-refractivity contribution in [3.63, 3.8) is 0 Å². The van der Waals surface area contributed by atoms with E-state index in [0.717, 1.165) is 0 Å². The molecule has 7 heteroatoms. The summed E-state index contributed by atoms with van der Waals surface area (Å²) in [7, 11) is 0. The summed E-state index contributed by atoms with van der Waals surface area (Å²) in [6.45, 7) is 8.25. The average Bonchev–Trinajstić information content (AvgIpc) is 2.36. The maximum absolute atomic E-state index is 11.9. The van der Waals surface area contributed by atoms with Crippen LogP contribution in [0.1, 0.15) is 47.0 Å². The van der Waals surface area contributed by atoms with E-state index in [1.807, 2.05) is 0 Å². The molecule has 1 heterocycles. The van der Waals surface area contributed by atoms with E-state index in [4.69, 9.17) is 24.7 Å². The molecule has 1 saturated heterocycles. The molecule has 1 rings (SSSR count). The van der Waals surface area contributed by atoms with Gasteiger partial charge in [0, 0.05) is 6.42 Å². The summed E-state index contributed by atoms with van der Waals surface area (Å²) < 4.78 is 21.6. The van der Waals surface area contributed by atoms with Crippen molar-refractivity contribution in [2.45, 2.75) is 64.2 Å². The second kappa shape index (κ2) is 8.61. The van der Waals surface area contributed by atoms with Gasteiger partial charge in [0.2, 0.25) is 0 Å². The Bertz CT molecular complexity index is 371. The van der Waals surface area contributed by atoms with Gasteiger partial charge in [0.15, 0.2) is 0 Å². The highest BCUT2D eigenvalue weighted by molar-refractivity contribution is 5.70. The molecular weight excluding hydrogens is 302 g/mol. The van der Waals surface area contributed by atoms with Crippen LogP contribution < -0.4 is 5.73 Å². The van der Waals surface area contributed by atoms with E-state index in [9.17, 15) is 9.59 Å². The van der Waals surface area contributed by atoms with Gasteiger partial charge in [-0.3, -0.25) is 9.59 Å². The Kier molecular flexibility index (Phi) is 7.44. The predicted molar refractivity (Wildman–Crippen MR) is 83.8 cm³/mol. The molecule has 0 aliphatic carbocycles. The van der Waals surface area contributed by atoms with E-state index >= 15 is 0 Å². The molecular formula is C16H29NO6. The summed E-state index contributed by atoms with van der Waals surface area (Å²) in [4.78, 5) is 23.8. The van der Waals surface area contributed by atoms with Crippen molar-refractivity contribution < 1.29 is 28.5 Å². The van der Waals surface area contributed by atoms with Crippen molar-refractivity contribution in [1.82, 2.24) is 0 Å². The van der Waals surface area contributed by atoms with Gasteiger partial charge in [-0.2, -0.15) is 0 Å². The predicted octanol–water partition coefficient (Wildman–Crippen LogP) is 1.17. The van der Waals surface area contributed by atoms with Crippen molar-refractivity contribution >= 4 is 11.9 Å². The van der Waals surface area contributed by atoms with Gasteiger partial charge in [-0.05, 0) is 27.7 Å². The van der Waals surface area contributed by atoms with Crippen LogP contribution in [0.3, 0.4) is 0 Å². The van der Waals surface area contributed by atoms with Crippen molar-refractivity contribution in [2.75, 3.05) is 26.4 Å². The minimum absolute atomic E-state index is 0.150. The van der Waals surface area contributed by atoms with Gasteiger partial charge in [-0.15, -0.1) is 0 Å². The smallest absolute Gasteiger partial charge is 0.308 e. The van der Waals surface area contributed by atoms with Gasteiger partial charge in [-0.1, -0.05) is 0 Å². The van der Waals surface area contributed by atoms with Gasteiger partial charge < -0.3 is 24.7 Å². The SMILES string of the molecule is CC1(C)CC(C)(C)OC(=O)CCOCC(N)COCCC(=O)O1. The quantitative estimate of drug-likeness (QED) is 0.666. The van der Waals surface area contributed by atoms with Crippen molar-refractivity contribution in [3.8, 4) is 0 Å². The minimum Gasteiger partial charge on any atom is -0.459 e. The number of ether oxygens (including phenoxy) is 4. The van der Waals surface area contributed by atoms with E-state index in [1.165, 1.54) is 0 Å². The number of rotatable bonds is 0. The first-order valence-corrected chi connectivity index (χ1v) is 7.94. The second-order valence-corrected chi connectivity index (χ2v) is 7.05. The normalized spacial score (nSPS) is 25.4. The van der Waals surface area contributed by atoms with Crippen LogP contribution in [0, 0.1) is 0 Å². The molecule has 0 saturated carbocycles. The van der Waals surface area contributed by atoms with Gasteiger partial charge in [0.1, 0.15) is 11.2 Å². The molecule has 23 heavy (non-hydrogen) atoms. The van der Waals surface area contributed by atoms with Crippen molar-refractivity contribution in [1.29, 1.82) is 0 Å². The molecule has 0 spiro atoms. The number of esters is 2. The zero-order valence-electron chi connectivity index (χ0n) is 14.6. The number of nitrogens with two attached hydrogens (primary N) is 1. The Morgan fingerprint density at radius 1 is 0.870 bits per heavy atom. The lowest BCUT2D eigenvalue weighted by Gasteiger charge is -2.34. The molecule has 2 N–H and O–H groups in total. The monoisotopic (exact) mass is 331 g/mol. The third kappa shape index (κ3) is 8.88. The summed E-state index contributed by atoms with van der Waals surface area (Å²) >= 11 is 0. The van der Waals surface area contributed by atoms with E-state index in [0.29, 0.717) is 6.42 Å². The maximum atomic E-state index is 11.9. The van der Waals surface area contributed by atoms with E-state index in [2.05, 4.69) is 0 Å². The van der Waals surface area contributed by atoms with Crippen LogP contribution in [0.5, 0.6) is 0 Å². The topological polar surface area (TPSA) is 97.1 Å². The van der Waals surface area contributed by atoms with Gasteiger partial charge in [0.05, 0.1) is 45.3 Å². The number of carbonyl (C=O) groups excluding carboxylic acids is 2. The summed E-state index contributed by atoms with van der Waals surface area (Å²) in [5.74, 6) is -0.705. The van der Waals surface area contributed by atoms with Crippen molar-refractivity contribution in [3.05, 3.63) is 0 Å². The van der Waals surface area contributed by atoms with Crippen LogP contribution in [0.2, 0.25) is 0 Å². The zero-order valence-corrected chi connectivity index (χ0v) is 14.6. The Morgan fingerprint density at radius 3 is 1.65 bits per heavy atom. The zero-order chi connectivity index (χ0) is 17.5. The van der Waals surface area contributed by atoms with Crippen LogP contribution in [-0.2, 0) is 28.5 Å². The lowest BCUT2D eigenvalue weighted by atomic mass is 9.92. The van der Waals surface area contributed by atoms with Crippen LogP contribution in [0.4, 0.5) is 0 Å². The van der Waals surface area contributed by atoms with Crippen LogP contribution in [0.15, 0.2) is 0 Å². The molecule has 0 atom stereocenters.